The van der Waals surface area contributed by atoms with Crippen LogP contribution in [0.5, 0.6) is 0 Å². The number of Topliss-reactive ketones (excluding diaryl/α,β-unsaturated/α-hetero) is 1. The first kappa shape index (κ1) is 20.0. The minimum Gasteiger partial charge on any atom is -0.464 e. The van der Waals surface area contributed by atoms with Crippen LogP contribution < -0.4 is 4.90 Å². The third kappa shape index (κ3) is 3.17. The van der Waals surface area contributed by atoms with E-state index in [1.807, 2.05) is 0 Å². The molecule has 1 aromatic carbocycles. The number of methoxy groups -OCH3 is 1. The second kappa shape index (κ2) is 7.01. The highest BCUT2D eigenvalue weighted by molar-refractivity contribution is 6.46. The van der Waals surface area contributed by atoms with Crippen molar-refractivity contribution in [3.05, 3.63) is 29.3 Å². The molecule has 0 radical (unpaired) electrons. The number of nitrogens with zero attached hydrogens (tertiary/aromatic N) is 3. The van der Waals surface area contributed by atoms with Crippen LogP contribution >= 0.6 is 11.6 Å². The van der Waals surface area contributed by atoms with Gasteiger partial charge in [-0.15, -0.1) is 0 Å². The Bertz CT molecular complexity index is 893. The number of carbonyl (C=O) groups is 4. The normalized spacial score (nSPS) is 21.7. The highest BCUT2D eigenvalue weighted by atomic mass is 35.5. The molecule has 0 aliphatic carbocycles. The van der Waals surface area contributed by atoms with Gasteiger partial charge in [-0.2, -0.15) is 5.10 Å². The number of hydrogen-bond acceptors (Lipinski definition) is 7. The number of amides is 2. The number of ketones is 1. The van der Waals surface area contributed by atoms with Crippen LogP contribution in [-0.2, 0) is 23.9 Å². The van der Waals surface area contributed by atoms with E-state index in [-0.39, 0.29) is 17.9 Å². The highest BCUT2D eigenvalue weighted by Crippen LogP contribution is 2.40. The zero-order chi connectivity index (χ0) is 20.8. The molecular weight excluding hydrogens is 386 g/mol. The SMILES string of the molecule is COC(=O)C1=NN(C(C)(C)CC(C)=O)[C@H]2C(=O)N(c3ccc(Cl)cc3)C(=O)[C@@H]12. The Hall–Kier alpha value is -2.74. The van der Waals surface area contributed by atoms with Crippen LogP contribution in [0.1, 0.15) is 27.2 Å². The topological polar surface area (TPSA) is 96.3 Å². The molecule has 0 spiro atoms. The molecule has 1 fully saturated rings. The summed E-state index contributed by atoms with van der Waals surface area (Å²) in [7, 11) is 1.18. The summed E-state index contributed by atoms with van der Waals surface area (Å²) < 4.78 is 4.76. The molecule has 2 atom stereocenters. The molecule has 148 valence electrons. The number of hydrogen-bond donors (Lipinski definition) is 0. The average molecular weight is 406 g/mol. The van der Waals surface area contributed by atoms with Gasteiger partial charge in [0.2, 0.25) is 5.91 Å². The van der Waals surface area contributed by atoms with Crippen LogP contribution in [0.15, 0.2) is 29.4 Å². The second-order valence-corrected chi connectivity index (χ2v) is 7.86. The molecule has 0 N–H and O–H groups in total. The van der Waals surface area contributed by atoms with Gasteiger partial charge in [0, 0.05) is 11.4 Å². The van der Waals surface area contributed by atoms with Crippen LogP contribution in [0.2, 0.25) is 5.02 Å². The Labute approximate surface area is 167 Å². The molecule has 1 saturated heterocycles. The molecule has 2 aliphatic rings. The predicted molar refractivity (Wildman–Crippen MR) is 102 cm³/mol. The van der Waals surface area contributed by atoms with E-state index in [9.17, 15) is 19.2 Å². The molecule has 2 aliphatic heterocycles. The number of esters is 1. The van der Waals surface area contributed by atoms with E-state index in [2.05, 4.69) is 5.10 Å². The Morgan fingerprint density at radius 3 is 2.32 bits per heavy atom. The summed E-state index contributed by atoms with van der Waals surface area (Å²) >= 11 is 5.89. The lowest BCUT2D eigenvalue weighted by molar-refractivity contribution is -0.133. The molecule has 2 heterocycles. The number of imide groups is 1. The summed E-state index contributed by atoms with van der Waals surface area (Å²) in [6, 6.07) is 5.22. The lowest BCUT2D eigenvalue weighted by Gasteiger charge is -2.36. The van der Waals surface area contributed by atoms with Crippen molar-refractivity contribution >= 4 is 46.6 Å². The fraction of sp³-hybridized carbons (Fsp3) is 0.421. The maximum atomic E-state index is 13.2. The van der Waals surface area contributed by atoms with Gasteiger partial charge in [0.15, 0.2) is 5.71 Å². The molecule has 0 aromatic heterocycles. The molecule has 1 aromatic rings. The molecule has 28 heavy (non-hydrogen) atoms. The number of rotatable bonds is 5. The molecule has 3 rings (SSSR count). The molecule has 0 saturated carbocycles. The van der Waals surface area contributed by atoms with E-state index >= 15 is 0 Å². The van der Waals surface area contributed by atoms with Gasteiger partial charge < -0.3 is 4.74 Å². The number of carbonyl (C=O) groups excluding carboxylic acids is 4. The Kier molecular flexibility index (Phi) is 5.01. The summed E-state index contributed by atoms with van der Waals surface area (Å²) in [4.78, 5) is 51.3. The van der Waals surface area contributed by atoms with Crippen molar-refractivity contribution in [2.75, 3.05) is 12.0 Å². The Morgan fingerprint density at radius 1 is 1.18 bits per heavy atom. The largest absolute Gasteiger partial charge is 0.464 e. The third-order valence-electron chi connectivity index (χ3n) is 4.83. The standard InChI is InChI=1S/C19H20ClN3O5/c1-10(24)9-19(2,3)23-15-13(14(21-23)18(27)28-4)16(25)22(17(15)26)12-7-5-11(20)6-8-12/h5-8,13,15H,9H2,1-4H3/t13-,15+/m0/s1. The van der Waals surface area contributed by atoms with Crippen molar-refractivity contribution < 1.29 is 23.9 Å². The number of benzene rings is 1. The minimum absolute atomic E-state index is 0.0938. The first-order valence-electron chi connectivity index (χ1n) is 8.67. The molecule has 2 amide bonds. The summed E-state index contributed by atoms with van der Waals surface area (Å²) in [6.07, 6.45) is 0.0938. The van der Waals surface area contributed by atoms with Gasteiger partial charge in [0.05, 0.1) is 18.3 Å². The minimum atomic E-state index is -1.10. The summed E-state index contributed by atoms with van der Waals surface area (Å²) in [5, 5.41) is 6.10. The van der Waals surface area contributed by atoms with Crippen molar-refractivity contribution in [2.24, 2.45) is 11.0 Å². The van der Waals surface area contributed by atoms with Gasteiger partial charge in [-0.05, 0) is 45.0 Å². The first-order chi connectivity index (χ1) is 13.1. The van der Waals surface area contributed by atoms with Gasteiger partial charge in [0.25, 0.3) is 5.91 Å². The van der Waals surface area contributed by atoms with Crippen LogP contribution in [0.25, 0.3) is 0 Å². The predicted octanol–water partition coefficient (Wildman–Crippen LogP) is 1.80. The van der Waals surface area contributed by atoms with Gasteiger partial charge in [-0.25, -0.2) is 9.69 Å². The third-order valence-corrected chi connectivity index (χ3v) is 5.08. The first-order valence-corrected chi connectivity index (χ1v) is 9.05. The number of ether oxygens (including phenoxy) is 1. The Balaban J connectivity index is 2.07. The number of anilines is 1. The fourth-order valence-electron chi connectivity index (χ4n) is 3.73. The van der Waals surface area contributed by atoms with E-state index in [1.165, 1.54) is 19.0 Å². The van der Waals surface area contributed by atoms with E-state index < -0.39 is 35.3 Å². The van der Waals surface area contributed by atoms with Crippen LogP contribution in [0.4, 0.5) is 5.69 Å². The monoisotopic (exact) mass is 405 g/mol. The van der Waals surface area contributed by atoms with Crippen molar-refractivity contribution in [2.45, 2.75) is 38.8 Å². The molecular formula is C19H20ClN3O5. The lowest BCUT2D eigenvalue weighted by Crippen LogP contribution is -2.50. The number of fused-ring (bicyclic) bond motifs is 1. The molecule has 8 nitrogen and oxygen atoms in total. The molecule has 0 bridgehead atoms. The van der Waals surface area contributed by atoms with Crippen LogP contribution in [-0.4, -0.2) is 53.0 Å². The zero-order valence-electron chi connectivity index (χ0n) is 15.9. The summed E-state index contributed by atoms with van der Waals surface area (Å²) in [5.41, 5.74) is -0.669. The maximum Gasteiger partial charge on any atom is 0.355 e. The average Bonchev–Trinajstić information content (AvgIpc) is 3.13. The van der Waals surface area contributed by atoms with E-state index in [0.29, 0.717) is 10.7 Å². The Morgan fingerprint density at radius 2 is 1.79 bits per heavy atom. The van der Waals surface area contributed by atoms with Gasteiger partial charge in [0.1, 0.15) is 17.7 Å². The maximum absolute atomic E-state index is 13.2. The molecule has 9 heteroatoms. The van der Waals surface area contributed by atoms with Crippen molar-refractivity contribution in [1.82, 2.24) is 5.01 Å². The van der Waals surface area contributed by atoms with Gasteiger partial charge in [-0.3, -0.25) is 19.4 Å². The lowest BCUT2D eigenvalue weighted by atomic mass is 9.92. The fourth-order valence-corrected chi connectivity index (χ4v) is 3.86. The summed E-state index contributed by atoms with van der Waals surface area (Å²) in [6.45, 7) is 4.90. The smallest absolute Gasteiger partial charge is 0.355 e. The van der Waals surface area contributed by atoms with E-state index in [4.69, 9.17) is 16.3 Å². The zero-order valence-corrected chi connectivity index (χ0v) is 16.7. The van der Waals surface area contributed by atoms with Crippen molar-refractivity contribution in [3.8, 4) is 0 Å². The van der Waals surface area contributed by atoms with Crippen LogP contribution in [0.3, 0.4) is 0 Å². The van der Waals surface area contributed by atoms with Crippen molar-refractivity contribution in [1.29, 1.82) is 0 Å². The van der Waals surface area contributed by atoms with E-state index in [1.54, 1.807) is 38.1 Å². The quantitative estimate of drug-likeness (QED) is 0.547. The van der Waals surface area contributed by atoms with E-state index in [0.717, 1.165) is 4.90 Å². The van der Waals surface area contributed by atoms with Crippen molar-refractivity contribution in [3.63, 3.8) is 0 Å². The molecule has 0 unspecified atom stereocenters. The van der Waals surface area contributed by atoms with Gasteiger partial charge in [-0.1, -0.05) is 11.6 Å². The number of halogens is 1. The number of hydrazone groups is 1. The second-order valence-electron chi connectivity index (χ2n) is 7.42. The highest BCUT2D eigenvalue weighted by Gasteiger charge is 2.60. The van der Waals surface area contributed by atoms with Gasteiger partial charge >= 0.3 is 5.97 Å². The summed E-state index contributed by atoms with van der Waals surface area (Å²) in [5.74, 6) is -3.06. The van der Waals surface area contributed by atoms with Crippen LogP contribution in [0, 0.1) is 5.92 Å².